The number of methoxy groups -OCH3 is 2. The van der Waals surface area contributed by atoms with E-state index in [2.05, 4.69) is 4.85 Å². The highest BCUT2D eigenvalue weighted by molar-refractivity contribution is 5.68. The van der Waals surface area contributed by atoms with Crippen LogP contribution in [0, 0.1) is 6.57 Å². The average Bonchev–Trinajstić information content (AvgIpc) is 2.26. The molecule has 0 unspecified atom stereocenters. The van der Waals surface area contributed by atoms with E-state index in [0.29, 0.717) is 22.7 Å². The van der Waals surface area contributed by atoms with Crippen molar-refractivity contribution in [1.82, 2.24) is 0 Å². The lowest BCUT2D eigenvalue weighted by molar-refractivity contribution is 0.280. The van der Waals surface area contributed by atoms with Gasteiger partial charge < -0.3 is 14.6 Å². The van der Waals surface area contributed by atoms with Gasteiger partial charge in [-0.25, -0.2) is 4.85 Å². The summed E-state index contributed by atoms with van der Waals surface area (Å²) in [6.07, 6.45) is 0. The first-order valence-corrected chi connectivity index (χ1v) is 4.00. The zero-order valence-electron chi connectivity index (χ0n) is 8.07. The molecular weight excluding hydrogens is 181 g/mol. The fraction of sp³-hybridized carbons (Fsp3) is 0.300. The van der Waals surface area contributed by atoms with Crippen LogP contribution in [0.15, 0.2) is 12.1 Å². The second-order valence-corrected chi connectivity index (χ2v) is 2.62. The molecule has 0 aliphatic carbocycles. The number of aliphatic hydroxyl groups excluding tert-OH is 1. The molecule has 0 aliphatic rings. The Kier molecular flexibility index (Phi) is 3.32. The quantitative estimate of drug-likeness (QED) is 0.742. The van der Waals surface area contributed by atoms with Gasteiger partial charge >= 0.3 is 0 Å². The molecule has 1 N–H and O–H groups in total. The Bertz CT molecular complexity index is 343. The van der Waals surface area contributed by atoms with Crippen molar-refractivity contribution in [3.05, 3.63) is 29.1 Å². The predicted octanol–water partition coefficient (Wildman–Crippen LogP) is 1.75. The molecule has 0 aliphatic heterocycles. The minimum atomic E-state index is -0.106. The van der Waals surface area contributed by atoms with Gasteiger partial charge in [-0.3, -0.25) is 0 Å². The van der Waals surface area contributed by atoms with Crippen molar-refractivity contribution in [2.24, 2.45) is 0 Å². The van der Waals surface area contributed by atoms with Gasteiger partial charge in [0.1, 0.15) is 11.5 Å². The third-order valence-electron chi connectivity index (χ3n) is 1.83. The molecule has 0 atom stereocenters. The first-order valence-electron chi connectivity index (χ1n) is 4.00. The third kappa shape index (κ3) is 1.78. The van der Waals surface area contributed by atoms with Gasteiger partial charge in [0.05, 0.1) is 27.4 Å². The van der Waals surface area contributed by atoms with Gasteiger partial charge in [0, 0.05) is 0 Å². The lowest BCUT2D eigenvalue weighted by Gasteiger charge is -2.09. The van der Waals surface area contributed by atoms with Gasteiger partial charge in [0.25, 0.3) is 5.69 Å². The molecule has 0 fully saturated rings. The van der Waals surface area contributed by atoms with Gasteiger partial charge in [0.15, 0.2) is 0 Å². The standard InChI is InChI=1S/C10H11NO3/c1-11-10-8(13-2)4-7(6-12)5-9(10)14-3/h4-5,12H,6H2,2-3H3/i1-1. The van der Waals surface area contributed by atoms with E-state index in [1.165, 1.54) is 14.2 Å². The van der Waals surface area contributed by atoms with Crippen LogP contribution in [0.4, 0.5) is 5.69 Å². The molecular formula is C10H11NO3. The largest absolute Gasteiger partial charge is 0.508 e. The number of benzene rings is 1. The molecule has 0 radical (unpaired) electrons. The Morgan fingerprint density at radius 2 is 1.79 bits per heavy atom. The molecule has 1 rings (SSSR count). The SMILES string of the molecule is COc1cc(CO)cc(OC)c1[N+]#[11C-]. The topological polar surface area (TPSA) is 43.0 Å². The summed E-state index contributed by atoms with van der Waals surface area (Å²) in [5.74, 6) is 0.840. The molecule has 0 heterocycles. The minimum Gasteiger partial charge on any atom is -0.508 e. The van der Waals surface area contributed by atoms with Gasteiger partial charge in [0.2, 0.25) is 0 Å². The molecule has 0 saturated heterocycles. The minimum absolute atomic E-state index is 0.106. The van der Waals surface area contributed by atoms with Crippen LogP contribution in [0.1, 0.15) is 5.56 Å². The van der Waals surface area contributed by atoms with E-state index < -0.39 is 0 Å². The number of hydrogen-bond donors (Lipinski definition) is 1. The van der Waals surface area contributed by atoms with Crippen LogP contribution in [0.3, 0.4) is 0 Å². The maximum absolute atomic E-state index is 8.95. The van der Waals surface area contributed by atoms with Gasteiger partial charge in [-0.05, 0) is 17.7 Å². The summed E-state index contributed by atoms with van der Waals surface area (Å²) in [6, 6.07) is 3.24. The highest BCUT2D eigenvalue weighted by Gasteiger charge is 2.11. The molecule has 0 bridgehead atoms. The summed E-state index contributed by atoms with van der Waals surface area (Å²) in [7, 11) is 2.95. The highest BCUT2D eigenvalue weighted by Crippen LogP contribution is 2.38. The van der Waals surface area contributed by atoms with Crippen molar-refractivity contribution in [1.29, 1.82) is 0 Å². The Hall–Kier alpha value is -1.73. The molecule has 4 heteroatoms. The smallest absolute Gasteiger partial charge is 0.268 e. The zero-order chi connectivity index (χ0) is 10.6. The van der Waals surface area contributed by atoms with Gasteiger partial charge in [-0.15, -0.1) is 0 Å². The van der Waals surface area contributed by atoms with Crippen molar-refractivity contribution in [3.8, 4) is 11.5 Å². The van der Waals surface area contributed by atoms with E-state index in [-0.39, 0.29) is 6.61 Å². The molecule has 0 amide bonds. The Labute approximate surface area is 82.5 Å². The molecule has 4 nitrogen and oxygen atoms in total. The number of rotatable bonds is 3. The average molecular weight is 192 g/mol. The molecule has 74 valence electrons. The second-order valence-electron chi connectivity index (χ2n) is 2.62. The van der Waals surface area contributed by atoms with Gasteiger partial charge in [-0.1, -0.05) is 0 Å². The fourth-order valence-electron chi connectivity index (χ4n) is 1.15. The van der Waals surface area contributed by atoms with Crippen molar-refractivity contribution in [3.63, 3.8) is 0 Å². The Morgan fingerprint density at radius 1 is 1.29 bits per heavy atom. The monoisotopic (exact) mass is 192 g/mol. The summed E-state index contributed by atoms with van der Waals surface area (Å²) in [4.78, 5) is 3.31. The number of hydrogen-bond acceptors (Lipinski definition) is 3. The van der Waals surface area contributed by atoms with E-state index in [4.69, 9.17) is 21.2 Å². The van der Waals surface area contributed by atoms with Crippen LogP contribution in [0.25, 0.3) is 4.85 Å². The van der Waals surface area contributed by atoms with Crippen LogP contribution < -0.4 is 9.47 Å². The van der Waals surface area contributed by atoms with E-state index in [0.717, 1.165) is 0 Å². The first-order chi connectivity index (χ1) is 6.76. The van der Waals surface area contributed by atoms with E-state index in [1.807, 2.05) is 0 Å². The van der Waals surface area contributed by atoms with Crippen molar-refractivity contribution >= 4 is 5.69 Å². The number of nitrogens with zero attached hydrogens (tertiary/aromatic N) is 1. The normalized spacial score (nSPS) is 9.29. The van der Waals surface area contributed by atoms with Gasteiger partial charge in [-0.2, -0.15) is 0 Å². The lowest BCUT2D eigenvalue weighted by Crippen LogP contribution is -1.92. The lowest BCUT2D eigenvalue weighted by atomic mass is 10.2. The zero-order valence-corrected chi connectivity index (χ0v) is 8.07. The molecule has 0 spiro atoms. The van der Waals surface area contributed by atoms with Crippen LogP contribution in [-0.2, 0) is 6.61 Å². The maximum Gasteiger partial charge on any atom is 0.268 e. The summed E-state index contributed by atoms with van der Waals surface area (Å²) in [5.41, 5.74) is 0.985. The van der Waals surface area contributed by atoms with Crippen molar-refractivity contribution in [2.45, 2.75) is 6.61 Å². The van der Waals surface area contributed by atoms with E-state index in [1.54, 1.807) is 12.1 Å². The van der Waals surface area contributed by atoms with Crippen molar-refractivity contribution in [2.75, 3.05) is 14.2 Å². The first kappa shape index (κ1) is 10.4. The molecule has 0 saturated carbocycles. The van der Waals surface area contributed by atoms with Crippen LogP contribution >= 0.6 is 0 Å². The van der Waals surface area contributed by atoms with Crippen molar-refractivity contribution < 1.29 is 14.6 Å². The Balaban J connectivity index is 3.34. The predicted molar refractivity (Wildman–Crippen MR) is 51.7 cm³/mol. The molecule has 1 aromatic rings. The third-order valence-corrected chi connectivity index (χ3v) is 1.83. The second kappa shape index (κ2) is 4.49. The maximum atomic E-state index is 8.95. The van der Waals surface area contributed by atoms with E-state index >= 15 is 0 Å². The summed E-state index contributed by atoms with van der Waals surface area (Å²) in [6.45, 7) is 6.86. The molecule has 1 aromatic carbocycles. The Morgan fingerprint density at radius 3 is 2.07 bits per heavy atom. The fourth-order valence-corrected chi connectivity index (χ4v) is 1.15. The molecule has 14 heavy (non-hydrogen) atoms. The summed E-state index contributed by atoms with van der Waals surface area (Å²) >= 11 is 0. The number of ether oxygens (including phenoxy) is 2. The van der Waals surface area contributed by atoms with E-state index in [9.17, 15) is 0 Å². The summed E-state index contributed by atoms with van der Waals surface area (Å²) < 4.78 is 10.0. The van der Waals surface area contributed by atoms with Crippen LogP contribution in [0.5, 0.6) is 11.5 Å². The van der Waals surface area contributed by atoms with Crippen LogP contribution in [0.2, 0.25) is 0 Å². The highest BCUT2D eigenvalue weighted by atomic mass is 16.5. The van der Waals surface area contributed by atoms with Crippen LogP contribution in [-0.4, -0.2) is 19.3 Å². The number of aliphatic hydroxyl groups is 1. The summed E-state index contributed by atoms with van der Waals surface area (Å²) in [5, 5.41) is 8.95. The molecule has 0 aromatic heterocycles.